The molecule has 1 aliphatic rings. The van der Waals surface area contributed by atoms with Crippen molar-refractivity contribution in [3.8, 4) is 23.7 Å². The summed E-state index contributed by atoms with van der Waals surface area (Å²) in [5, 5.41) is 0. The van der Waals surface area contributed by atoms with Gasteiger partial charge in [-0.1, -0.05) is 11.8 Å². The van der Waals surface area contributed by atoms with Crippen LogP contribution < -0.4 is 0 Å². The van der Waals surface area contributed by atoms with Crippen molar-refractivity contribution in [2.24, 2.45) is 0 Å². The van der Waals surface area contributed by atoms with E-state index in [0.29, 0.717) is 6.54 Å². The van der Waals surface area contributed by atoms with Gasteiger partial charge < -0.3 is 14.7 Å². The Morgan fingerprint density at radius 3 is 2.65 bits per heavy atom. The summed E-state index contributed by atoms with van der Waals surface area (Å²) in [7, 11) is 0. The van der Waals surface area contributed by atoms with E-state index >= 15 is 0 Å². The monoisotopic (exact) mass is 450 g/mol. The number of likely N-dealkylation sites (tertiary alicyclic amines) is 1. The highest BCUT2D eigenvalue weighted by Gasteiger charge is 2.34. The van der Waals surface area contributed by atoms with E-state index < -0.39 is 5.60 Å². The van der Waals surface area contributed by atoms with Crippen molar-refractivity contribution in [2.45, 2.75) is 45.3 Å². The summed E-state index contributed by atoms with van der Waals surface area (Å²) >= 11 is 0. The number of H-pyrrole nitrogens is 2. The summed E-state index contributed by atoms with van der Waals surface area (Å²) in [6.07, 6.45) is 4.19. The molecule has 1 fully saturated rings. The van der Waals surface area contributed by atoms with Crippen molar-refractivity contribution >= 4 is 28.2 Å². The topological polar surface area (TPSA) is 86.9 Å². The van der Waals surface area contributed by atoms with Crippen molar-refractivity contribution in [1.29, 1.82) is 0 Å². The molecule has 1 radical (unpaired) electrons. The fraction of sp³-hybridized carbons (Fsp3) is 0.296. The third kappa shape index (κ3) is 4.60. The summed E-state index contributed by atoms with van der Waals surface area (Å²) in [4.78, 5) is 29.6. The van der Waals surface area contributed by atoms with Crippen LogP contribution in [0.1, 0.15) is 56.6 Å². The molecule has 0 bridgehead atoms. The first-order chi connectivity index (χ1) is 16.4. The van der Waals surface area contributed by atoms with E-state index in [0.717, 1.165) is 51.9 Å². The van der Waals surface area contributed by atoms with Crippen LogP contribution in [-0.4, -0.2) is 43.1 Å². The lowest BCUT2D eigenvalue weighted by molar-refractivity contribution is 0.0219. The molecule has 4 aromatic rings. The predicted molar refractivity (Wildman–Crippen MR) is 130 cm³/mol. The highest BCUT2D eigenvalue weighted by atomic mass is 16.6. The normalized spacial score (nSPS) is 15.6. The molecule has 5 rings (SSSR count). The smallest absolute Gasteiger partial charge is 0.410 e. The predicted octanol–water partition coefficient (Wildman–Crippen LogP) is 4.71. The molecule has 1 aliphatic heterocycles. The third-order valence-electron chi connectivity index (χ3n) is 5.54. The first-order valence-corrected chi connectivity index (χ1v) is 11.2. The molecular formula is C27H24N5O2. The molecule has 7 nitrogen and oxygen atoms in total. The van der Waals surface area contributed by atoms with E-state index in [4.69, 9.17) is 9.72 Å². The molecule has 1 atom stereocenters. The number of nitrogens with zero attached hydrogens (tertiary/aromatic N) is 3. The van der Waals surface area contributed by atoms with Gasteiger partial charge in [-0.15, -0.1) is 0 Å². The molecule has 0 spiro atoms. The number of aromatic nitrogens is 4. The average molecular weight is 451 g/mol. The van der Waals surface area contributed by atoms with Crippen LogP contribution >= 0.6 is 0 Å². The van der Waals surface area contributed by atoms with Crippen LogP contribution in [0.4, 0.5) is 4.79 Å². The number of amides is 1. The minimum absolute atomic E-state index is 0.118. The Morgan fingerprint density at radius 2 is 1.85 bits per heavy atom. The number of carbonyl (C=O) groups is 1. The van der Waals surface area contributed by atoms with Gasteiger partial charge in [0.05, 0.1) is 28.1 Å². The Kier molecular flexibility index (Phi) is 5.47. The van der Waals surface area contributed by atoms with Gasteiger partial charge in [-0.3, -0.25) is 4.90 Å². The van der Waals surface area contributed by atoms with Gasteiger partial charge in [0.2, 0.25) is 0 Å². The molecular weight excluding hydrogens is 426 g/mol. The minimum atomic E-state index is -0.529. The van der Waals surface area contributed by atoms with Crippen LogP contribution in [0.5, 0.6) is 0 Å². The second kappa shape index (κ2) is 8.61. The van der Waals surface area contributed by atoms with Crippen LogP contribution in [0.2, 0.25) is 0 Å². The molecule has 2 aromatic carbocycles. The molecule has 1 saturated heterocycles. The number of nitrogens with one attached hydrogen (secondary N) is 2. The molecule has 2 aromatic heterocycles. The van der Waals surface area contributed by atoms with Gasteiger partial charge >= 0.3 is 6.09 Å². The Bertz CT molecular complexity index is 1500. The summed E-state index contributed by atoms with van der Waals surface area (Å²) in [6.45, 7) is 6.29. The summed E-state index contributed by atoms with van der Waals surface area (Å²) < 4.78 is 5.58. The zero-order valence-electron chi connectivity index (χ0n) is 19.3. The average Bonchev–Trinajstić information content (AvgIpc) is 3.53. The number of benzene rings is 2. The second-order valence-electron chi connectivity index (χ2n) is 9.27. The number of hydrogen-bond donors (Lipinski definition) is 2. The van der Waals surface area contributed by atoms with E-state index in [-0.39, 0.29) is 12.1 Å². The van der Waals surface area contributed by atoms with Crippen molar-refractivity contribution in [3.05, 3.63) is 59.7 Å². The van der Waals surface area contributed by atoms with Gasteiger partial charge in [0.25, 0.3) is 0 Å². The molecule has 0 saturated carbocycles. The van der Waals surface area contributed by atoms with Crippen LogP contribution in [0.15, 0.2) is 36.4 Å². The standard InChI is InChI=1S/C27H24N5O2/c1-27(2,3)34-26(33)32-14-6-9-24(32)25-30-21-13-11-19(16-23(21)31-25)8-5-4-7-18-10-12-20-22(15-18)29-17-28-20/h10-13,15-16,24H,6,9,14H2,1-3H3,(H,28,29)(H,30,31). The molecule has 1 amide bonds. The van der Waals surface area contributed by atoms with Crippen LogP contribution in [0, 0.1) is 30.0 Å². The zero-order chi connectivity index (χ0) is 23.7. The van der Waals surface area contributed by atoms with E-state index in [2.05, 4.69) is 45.0 Å². The third-order valence-corrected chi connectivity index (χ3v) is 5.54. The maximum absolute atomic E-state index is 12.6. The van der Waals surface area contributed by atoms with E-state index in [1.54, 1.807) is 4.90 Å². The highest BCUT2D eigenvalue weighted by Crippen LogP contribution is 2.32. The zero-order valence-corrected chi connectivity index (χ0v) is 19.3. The minimum Gasteiger partial charge on any atom is -0.444 e. The summed E-state index contributed by atoms with van der Waals surface area (Å²) in [5.41, 5.74) is 4.63. The number of carbonyl (C=O) groups excluding carboxylic acids is 1. The molecule has 7 heteroatoms. The number of hydrogen-bond acceptors (Lipinski definition) is 4. The number of imidazole rings is 2. The van der Waals surface area contributed by atoms with Gasteiger partial charge in [-0.2, -0.15) is 0 Å². The lowest BCUT2D eigenvalue weighted by Gasteiger charge is -2.27. The van der Waals surface area contributed by atoms with Gasteiger partial charge in [-0.25, -0.2) is 14.8 Å². The van der Waals surface area contributed by atoms with Gasteiger partial charge in [0.15, 0.2) is 6.33 Å². The molecule has 0 aliphatic carbocycles. The van der Waals surface area contributed by atoms with Crippen molar-refractivity contribution in [3.63, 3.8) is 0 Å². The number of rotatable bonds is 1. The number of ether oxygens (including phenoxy) is 1. The van der Waals surface area contributed by atoms with E-state index in [1.165, 1.54) is 0 Å². The van der Waals surface area contributed by atoms with Crippen molar-refractivity contribution in [1.82, 2.24) is 24.8 Å². The number of aromatic amines is 2. The Balaban J connectivity index is 1.33. The van der Waals surface area contributed by atoms with Gasteiger partial charge in [-0.05, 0) is 81.9 Å². The Labute approximate surface area is 197 Å². The fourth-order valence-electron chi connectivity index (χ4n) is 4.02. The first kappa shape index (κ1) is 21.6. The highest BCUT2D eigenvalue weighted by molar-refractivity contribution is 5.78. The largest absolute Gasteiger partial charge is 0.444 e. The molecule has 2 N–H and O–H groups in total. The molecule has 169 valence electrons. The molecule has 34 heavy (non-hydrogen) atoms. The maximum atomic E-state index is 12.6. The maximum Gasteiger partial charge on any atom is 0.410 e. The first-order valence-electron chi connectivity index (χ1n) is 11.2. The lowest BCUT2D eigenvalue weighted by atomic mass is 10.2. The van der Waals surface area contributed by atoms with Crippen molar-refractivity contribution < 1.29 is 9.53 Å². The SMILES string of the molecule is CC(C)(C)OC(=O)N1CCCC1c1nc2cc(C#CC#Cc3ccc4n[c][nH]c4c3)ccc2[nH]1. The molecule has 3 heterocycles. The van der Waals surface area contributed by atoms with Gasteiger partial charge in [0.1, 0.15) is 11.4 Å². The van der Waals surface area contributed by atoms with Crippen LogP contribution in [0.25, 0.3) is 22.1 Å². The Morgan fingerprint density at radius 1 is 1.09 bits per heavy atom. The summed E-state index contributed by atoms with van der Waals surface area (Å²) in [6, 6.07) is 11.4. The van der Waals surface area contributed by atoms with Crippen LogP contribution in [-0.2, 0) is 4.74 Å². The van der Waals surface area contributed by atoms with Crippen molar-refractivity contribution in [2.75, 3.05) is 6.54 Å². The Hall–Kier alpha value is -4.23. The lowest BCUT2D eigenvalue weighted by Crippen LogP contribution is -2.36. The fourth-order valence-corrected chi connectivity index (χ4v) is 4.02. The van der Waals surface area contributed by atoms with E-state index in [1.807, 2.05) is 57.2 Å². The quantitative estimate of drug-likeness (QED) is 0.411. The number of fused-ring (bicyclic) bond motifs is 2. The summed E-state index contributed by atoms with van der Waals surface area (Å²) in [5.74, 6) is 12.7. The van der Waals surface area contributed by atoms with Gasteiger partial charge in [0, 0.05) is 17.7 Å². The second-order valence-corrected chi connectivity index (χ2v) is 9.27. The molecule has 1 unspecified atom stereocenters. The van der Waals surface area contributed by atoms with E-state index in [9.17, 15) is 4.79 Å². The van der Waals surface area contributed by atoms with Crippen LogP contribution in [0.3, 0.4) is 0 Å².